The fourth-order valence-electron chi connectivity index (χ4n) is 2.16. The van der Waals surface area contributed by atoms with Crippen LogP contribution in [-0.4, -0.2) is 26.9 Å². The predicted octanol–water partition coefficient (Wildman–Crippen LogP) is 1.64. The fourth-order valence-corrected chi connectivity index (χ4v) is 3.03. The molecule has 0 saturated heterocycles. The molecule has 6 nitrogen and oxygen atoms in total. The lowest BCUT2D eigenvalue weighted by Crippen LogP contribution is -2.44. The van der Waals surface area contributed by atoms with Gasteiger partial charge in [-0.3, -0.25) is 10.1 Å². The summed E-state index contributed by atoms with van der Waals surface area (Å²) in [5, 5.41) is 8.73. The highest BCUT2D eigenvalue weighted by Crippen LogP contribution is 2.22. The minimum absolute atomic E-state index is 0.0525. The first kappa shape index (κ1) is 13.3. The Labute approximate surface area is 121 Å². The second kappa shape index (κ2) is 5.34. The highest BCUT2D eigenvalue weighted by molar-refractivity contribution is 7.13. The highest BCUT2D eigenvalue weighted by atomic mass is 32.1. The van der Waals surface area contributed by atoms with E-state index in [0.717, 1.165) is 17.1 Å². The number of amides is 1. The molecule has 0 aliphatic carbocycles. The van der Waals surface area contributed by atoms with Gasteiger partial charge in [-0.1, -0.05) is 13.8 Å². The minimum atomic E-state index is -0.253. The van der Waals surface area contributed by atoms with Gasteiger partial charge in [-0.15, -0.1) is 11.3 Å². The molecule has 1 amide bonds. The lowest BCUT2D eigenvalue weighted by atomic mass is 10.1. The number of anilines is 1. The average Bonchev–Trinajstić information content (AvgIpc) is 3.05. The molecular formula is C13H17N5OS. The van der Waals surface area contributed by atoms with Crippen molar-refractivity contribution < 1.29 is 4.79 Å². The number of carbonyl (C=O) groups is 1. The third kappa shape index (κ3) is 2.59. The smallest absolute Gasteiger partial charge is 0.243 e. The zero-order valence-electron chi connectivity index (χ0n) is 11.4. The molecule has 106 valence electrons. The van der Waals surface area contributed by atoms with Crippen LogP contribution in [0.15, 0.2) is 11.7 Å². The fraction of sp³-hybridized carbons (Fsp3) is 0.462. The molecular weight excluding hydrogens is 274 g/mol. The molecule has 1 atom stereocenters. The number of thiazole rings is 1. The van der Waals surface area contributed by atoms with Crippen molar-refractivity contribution in [3.63, 3.8) is 0 Å². The third-order valence-corrected chi connectivity index (χ3v) is 4.17. The van der Waals surface area contributed by atoms with E-state index in [4.69, 9.17) is 0 Å². The van der Waals surface area contributed by atoms with Gasteiger partial charge >= 0.3 is 0 Å². The summed E-state index contributed by atoms with van der Waals surface area (Å²) in [6, 6.07) is -0.253. The van der Waals surface area contributed by atoms with Crippen molar-refractivity contribution in [3.8, 4) is 0 Å². The van der Waals surface area contributed by atoms with E-state index in [-0.39, 0.29) is 11.9 Å². The molecule has 3 heterocycles. The van der Waals surface area contributed by atoms with Crippen LogP contribution in [0.5, 0.6) is 0 Å². The van der Waals surface area contributed by atoms with Crippen LogP contribution in [0.25, 0.3) is 0 Å². The highest BCUT2D eigenvalue weighted by Gasteiger charge is 2.26. The first-order chi connectivity index (χ1) is 9.63. The largest absolute Gasteiger partial charge is 0.347 e. The first-order valence-corrected chi connectivity index (χ1v) is 7.52. The summed E-state index contributed by atoms with van der Waals surface area (Å²) < 4.78 is 0. The summed E-state index contributed by atoms with van der Waals surface area (Å²) in [5.74, 6) is 0.319. The van der Waals surface area contributed by atoms with Gasteiger partial charge in [0, 0.05) is 18.3 Å². The number of hydrogen-bond acceptors (Lipinski definition) is 5. The Hall–Kier alpha value is -1.73. The topological polar surface area (TPSA) is 82.7 Å². The lowest BCUT2D eigenvalue weighted by Gasteiger charge is -2.21. The van der Waals surface area contributed by atoms with Crippen LogP contribution in [0.2, 0.25) is 0 Å². The van der Waals surface area contributed by atoms with Gasteiger partial charge in [-0.05, 0) is 5.92 Å². The monoisotopic (exact) mass is 291 g/mol. The predicted molar refractivity (Wildman–Crippen MR) is 77.8 cm³/mol. The zero-order chi connectivity index (χ0) is 14.1. The van der Waals surface area contributed by atoms with Crippen LogP contribution in [-0.2, 0) is 17.8 Å². The van der Waals surface area contributed by atoms with Gasteiger partial charge in [-0.2, -0.15) is 0 Å². The number of aromatic amines is 1. The normalized spacial score (nSPS) is 18.1. The molecule has 0 radical (unpaired) electrons. The van der Waals surface area contributed by atoms with E-state index in [2.05, 4.69) is 39.4 Å². The minimum Gasteiger partial charge on any atom is -0.347 e. The molecule has 1 unspecified atom stereocenters. The van der Waals surface area contributed by atoms with E-state index in [0.29, 0.717) is 24.0 Å². The maximum atomic E-state index is 12.2. The molecule has 7 heteroatoms. The average molecular weight is 291 g/mol. The molecule has 0 aromatic carbocycles. The maximum absolute atomic E-state index is 12.2. The lowest BCUT2D eigenvalue weighted by molar-refractivity contribution is -0.118. The van der Waals surface area contributed by atoms with E-state index >= 15 is 0 Å². The molecule has 2 aromatic rings. The SMILES string of the molecule is CC(C)c1csc(NC(=O)C2Cc3nc[nH]c3CN2)n1. The van der Waals surface area contributed by atoms with Crippen molar-refractivity contribution >= 4 is 22.4 Å². The quantitative estimate of drug-likeness (QED) is 0.803. The molecule has 2 aromatic heterocycles. The van der Waals surface area contributed by atoms with Crippen molar-refractivity contribution in [1.29, 1.82) is 0 Å². The van der Waals surface area contributed by atoms with Crippen LogP contribution in [0.1, 0.15) is 36.8 Å². The molecule has 1 aliphatic heterocycles. The van der Waals surface area contributed by atoms with E-state index in [9.17, 15) is 4.79 Å². The Morgan fingerprint density at radius 2 is 2.40 bits per heavy atom. The van der Waals surface area contributed by atoms with Crippen molar-refractivity contribution in [2.75, 3.05) is 5.32 Å². The third-order valence-electron chi connectivity index (χ3n) is 3.39. The Bertz CT molecular complexity index is 618. The second-order valence-electron chi connectivity index (χ2n) is 5.19. The molecule has 20 heavy (non-hydrogen) atoms. The summed E-state index contributed by atoms with van der Waals surface area (Å²) >= 11 is 1.46. The van der Waals surface area contributed by atoms with Gasteiger partial charge in [0.1, 0.15) is 0 Å². The van der Waals surface area contributed by atoms with Crippen LogP contribution in [0, 0.1) is 0 Å². The van der Waals surface area contributed by atoms with Crippen LogP contribution >= 0.6 is 11.3 Å². The van der Waals surface area contributed by atoms with Gasteiger partial charge < -0.3 is 10.3 Å². The number of imidazole rings is 1. The Morgan fingerprint density at radius 1 is 1.55 bits per heavy atom. The standard InChI is InChI=1S/C13H17N5OS/c1-7(2)11-5-20-13(17-11)18-12(19)9-3-8-10(4-14-9)16-6-15-8/h5-7,9,14H,3-4H2,1-2H3,(H,15,16)(H,17,18,19). The summed E-state index contributed by atoms with van der Waals surface area (Å²) in [4.78, 5) is 24.0. The molecule has 0 spiro atoms. The van der Waals surface area contributed by atoms with Crippen molar-refractivity contribution in [2.24, 2.45) is 0 Å². The Morgan fingerprint density at radius 3 is 3.15 bits per heavy atom. The van der Waals surface area contributed by atoms with Crippen LogP contribution < -0.4 is 10.6 Å². The number of aromatic nitrogens is 3. The summed E-state index contributed by atoms with van der Waals surface area (Å²) in [5.41, 5.74) is 3.03. The number of nitrogens with one attached hydrogen (secondary N) is 3. The Balaban J connectivity index is 1.65. The molecule has 0 bridgehead atoms. The van der Waals surface area contributed by atoms with E-state index in [1.807, 2.05) is 5.38 Å². The van der Waals surface area contributed by atoms with Gasteiger partial charge in [0.2, 0.25) is 5.91 Å². The molecule has 3 rings (SSSR count). The van der Waals surface area contributed by atoms with E-state index < -0.39 is 0 Å². The van der Waals surface area contributed by atoms with Crippen LogP contribution in [0.4, 0.5) is 5.13 Å². The van der Waals surface area contributed by atoms with Crippen molar-refractivity contribution in [1.82, 2.24) is 20.3 Å². The summed E-state index contributed by atoms with van der Waals surface area (Å²) in [7, 11) is 0. The van der Waals surface area contributed by atoms with Crippen molar-refractivity contribution in [2.45, 2.75) is 38.8 Å². The number of fused-ring (bicyclic) bond motifs is 1. The molecule has 0 saturated carbocycles. The van der Waals surface area contributed by atoms with Gasteiger partial charge in [0.15, 0.2) is 5.13 Å². The van der Waals surface area contributed by atoms with Gasteiger partial charge in [0.05, 0.1) is 29.5 Å². The molecule has 1 aliphatic rings. The summed E-state index contributed by atoms with van der Waals surface area (Å²) in [6.07, 6.45) is 2.27. The number of hydrogen-bond donors (Lipinski definition) is 3. The van der Waals surface area contributed by atoms with Crippen LogP contribution in [0.3, 0.4) is 0 Å². The maximum Gasteiger partial charge on any atom is 0.243 e. The number of nitrogens with zero attached hydrogens (tertiary/aromatic N) is 2. The number of H-pyrrole nitrogens is 1. The van der Waals surface area contributed by atoms with Gasteiger partial charge in [0.25, 0.3) is 0 Å². The van der Waals surface area contributed by atoms with E-state index in [1.165, 1.54) is 11.3 Å². The zero-order valence-corrected chi connectivity index (χ0v) is 12.3. The van der Waals surface area contributed by atoms with Gasteiger partial charge in [-0.25, -0.2) is 9.97 Å². The van der Waals surface area contributed by atoms with Crippen molar-refractivity contribution in [3.05, 3.63) is 28.8 Å². The molecule has 0 fully saturated rings. The Kier molecular flexibility index (Phi) is 3.54. The molecule has 3 N–H and O–H groups in total. The van der Waals surface area contributed by atoms with E-state index in [1.54, 1.807) is 6.33 Å². The number of carbonyl (C=O) groups excluding carboxylic acids is 1. The number of rotatable bonds is 3. The second-order valence-corrected chi connectivity index (χ2v) is 6.04. The summed E-state index contributed by atoms with van der Waals surface area (Å²) in [6.45, 7) is 4.81. The first-order valence-electron chi connectivity index (χ1n) is 6.64.